The predicted molar refractivity (Wildman–Crippen MR) is 89.9 cm³/mol. The summed E-state index contributed by atoms with van der Waals surface area (Å²) < 4.78 is 28.3. The minimum atomic E-state index is -3.98. The summed E-state index contributed by atoms with van der Waals surface area (Å²) in [6.45, 7) is 2.25. The first kappa shape index (κ1) is 19.2. The van der Waals surface area contributed by atoms with Crippen LogP contribution in [0.1, 0.15) is 36.5 Å². The van der Waals surface area contributed by atoms with Gasteiger partial charge >= 0.3 is 5.97 Å². The maximum atomic E-state index is 12.9. The van der Waals surface area contributed by atoms with Gasteiger partial charge in [0.2, 0.25) is 10.0 Å². The topological polar surface area (TPSA) is 127 Å². The van der Waals surface area contributed by atoms with Crippen LogP contribution in [0.3, 0.4) is 0 Å². The normalized spacial score (nSPS) is 21.0. The molecule has 0 spiro atoms. The molecule has 0 aliphatic carbocycles. The van der Waals surface area contributed by atoms with Gasteiger partial charge in [-0.15, -0.1) is 0 Å². The number of sulfonamides is 1. The minimum absolute atomic E-state index is 0.0475. The third-order valence-electron chi connectivity index (χ3n) is 4.72. The first-order valence-electron chi connectivity index (χ1n) is 7.88. The average Bonchev–Trinajstić information content (AvgIpc) is 2.59. The third kappa shape index (κ3) is 3.77. The zero-order valence-electron chi connectivity index (χ0n) is 14.2. The summed E-state index contributed by atoms with van der Waals surface area (Å²) in [7, 11) is -2.61. The maximum absolute atomic E-state index is 12.9. The molecule has 1 aromatic rings. The van der Waals surface area contributed by atoms with Gasteiger partial charge in [-0.3, -0.25) is 9.59 Å². The Kier molecular flexibility index (Phi) is 5.38. The van der Waals surface area contributed by atoms with Crippen LogP contribution in [0.5, 0.6) is 5.75 Å². The summed E-state index contributed by atoms with van der Waals surface area (Å²) in [6.07, 6.45) is 1.46. The number of carbonyl (C=O) groups excluding carboxylic acids is 1. The van der Waals surface area contributed by atoms with E-state index in [9.17, 15) is 23.1 Å². The summed E-state index contributed by atoms with van der Waals surface area (Å²) >= 11 is 0. The number of likely N-dealkylation sites (tertiary alicyclic amines) is 1. The van der Waals surface area contributed by atoms with Gasteiger partial charge in [-0.2, -0.15) is 0 Å². The average molecular weight is 370 g/mol. The summed E-state index contributed by atoms with van der Waals surface area (Å²) in [6, 6.07) is 3.79. The predicted octanol–water partition coefficient (Wildman–Crippen LogP) is 1.06. The van der Waals surface area contributed by atoms with Gasteiger partial charge in [-0.1, -0.05) is 6.92 Å². The van der Waals surface area contributed by atoms with E-state index in [4.69, 9.17) is 9.88 Å². The molecule has 1 fully saturated rings. The summed E-state index contributed by atoms with van der Waals surface area (Å²) in [5, 5.41) is 14.7. The van der Waals surface area contributed by atoms with Crippen LogP contribution >= 0.6 is 0 Å². The second-order valence-electron chi connectivity index (χ2n) is 6.18. The highest BCUT2D eigenvalue weighted by atomic mass is 32.2. The molecule has 1 aliphatic heterocycles. The van der Waals surface area contributed by atoms with Crippen LogP contribution in [0, 0.1) is 5.41 Å². The maximum Gasteiger partial charge on any atom is 0.311 e. The molecule has 0 radical (unpaired) electrons. The quantitative estimate of drug-likeness (QED) is 0.798. The highest BCUT2D eigenvalue weighted by Gasteiger charge is 2.42. The molecule has 1 amide bonds. The summed E-state index contributed by atoms with van der Waals surface area (Å²) in [4.78, 5) is 25.8. The number of carboxylic acid groups (broad SMARTS) is 1. The highest BCUT2D eigenvalue weighted by molar-refractivity contribution is 7.89. The molecule has 25 heavy (non-hydrogen) atoms. The standard InChI is InChI=1S/C16H22N2O6S/c1-3-16(15(20)21)7-4-8-18(10-16)14(19)12-9-11(25(17,22)23)5-6-13(12)24-2/h5-6,9H,3-4,7-8,10H2,1-2H3,(H,20,21)(H2,17,22,23)/t16-/m0/s1. The molecule has 1 aromatic carbocycles. The lowest BCUT2D eigenvalue weighted by atomic mass is 9.77. The van der Waals surface area contributed by atoms with Crippen molar-refractivity contribution >= 4 is 21.9 Å². The van der Waals surface area contributed by atoms with Crippen molar-refractivity contribution in [1.29, 1.82) is 0 Å². The molecule has 0 aromatic heterocycles. The Bertz CT molecular complexity index is 792. The number of primary sulfonamides is 1. The summed E-state index contributed by atoms with van der Waals surface area (Å²) in [5.74, 6) is -1.20. The Morgan fingerprint density at radius 2 is 2.08 bits per heavy atom. The molecule has 138 valence electrons. The smallest absolute Gasteiger partial charge is 0.311 e. The van der Waals surface area contributed by atoms with Crippen molar-refractivity contribution in [3.8, 4) is 5.75 Å². The molecular formula is C16H22N2O6S. The Morgan fingerprint density at radius 1 is 1.40 bits per heavy atom. The van der Waals surface area contributed by atoms with E-state index in [2.05, 4.69) is 0 Å². The highest BCUT2D eigenvalue weighted by Crippen LogP contribution is 2.35. The molecule has 1 aliphatic rings. The minimum Gasteiger partial charge on any atom is -0.496 e. The van der Waals surface area contributed by atoms with Crippen LogP contribution in [0.15, 0.2) is 23.1 Å². The molecule has 0 unspecified atom stereocenters. The van der Waals surface area contributed by atoms with Gasteiger partial charge in [-0.05, 0) is 37.5 Å². The summed E-state index contributed by atoms with van der Waals surface area (Å²) in [5.41, 5.74) is -0.940. The molecule has 1 heterocycles. The van der Waals surface area contributed by atoms with Crippen LogP contribution in [-0.4, -0.2) is 50.5 Å². The van der Waals surface area contributed by atoms with Gasteiger partial charge < -0.3 is 14.7 Å². The second-order valence-corrected chi connectivity index (χ2v) is 7.74. The van der Waals surface area contributed by atoms with E-state index in [1.165, 1.54) is 30.2 Å². The molecular weight excluding hydrogens is 348 g/mol. The zero-order valence-corrected chi connectivity index (χ0v) is 15.0. The zero-order chi connectivity index (χ0) is 18.8. The number of ether oxygens (including phenoxy) is 1. The van der Waals surface area contributed by atoms with Gasteiger partial charge in [0.25, 0.3) is 5.91 Å². The van der Waals surface area contributed by atoms with Crippen LogP contribution < -0.4 is 9.88 Å². The lowest BCUT2D eigenvalue weighted by Crippen LogP contribution is -2.49. The molecule has 0 bridgehead atoms. The van der Waals surface area contributed by atoms with Gasteiger partial charge in [0, 0.05) is 13.1 Å². The Labute approximate surface area is 146 Å². The Hall–Kier alpha value is -2.13. The molecule has 1 saturated heterocycles. The van der Waals surface area contributed by atoms with Crippen molar-refractivity contribution in [3.05, 3.63) is 23.8 Å². The second kappa shape index (κ2) is 7.01. The Balaban J connectivity index is 2.41. The SMILES string of the molecule is CC[C@]1(C(=O)O)CCCN(C(=O)c2cc(S(N)(=O)=O)ccc2OC)C1. The van der Waals surface area contributed by atoms with E-state index in [1.807, 2.05) is 0 Å². The van der Waals surface area contributed by atoms with Crippen LogP contribution in [0.25, 0.3) is 0 Å². The van der Waals surface area contributed by atoms with E-state index < -0.39 is 27.3 Å². The fourth-order valence-corrected chi connectivity index (χ4v) is 3.66. The van der Waals surface area contributed by atoms with Crippen LogP contribution in [0.2, 0.25) is 0 Å². The van der Waals surface area contributed by atoms with E-state index in [1.54, 1.807) is 6.92 Å². The van der Waals surface area contributed by atoms with Crippen molar-refractivity contribution < 1.29 is 27.9 Å². The number of amides is 1. The fourth-order valence-electron chi connectivity index (χ4n) is 3.12. The number of piperidine rings is 1. The van der Waals surface area contributed by atoms with Crippen molar-refractivity contribution in [1.82, 2.24) is 4.90 Å². The lowest BCUT2D eigenvalue weighted by molar-refractivity contribution is -0.152. The molecule has 9 heteroatoms. The first-order valence-corrected chi connectivity index (χ1v) is 9.43. The van der Waals surface area contributed by atoms with Crippen molar-refractivity contribution in [2.45, 2.75) is 31.1 Å². The van der Waals surface area contributed by atoms with Crippen LogP contribution in [0.4, 0.5) is 0 Å². The fraction of sp³-hybridized carbons (Fsp3) is 0.500. The largest absolute Gasteiger partial charge is 0.496 e. The molecule has 3 N–H and O–H groups in total. The van der Waals surface area contributed by atoms with Crippen molar-refractivity contribution in [2.75, 3.05) is 20.2 Å². The van der Waals surface area contributed by atoms with Gasteiger partial charge in [0.1, 0.15) is 5.75 Å². The number of carboxylic acids is 1. The number of nitrogens with two attached hydrogens (primary N) is 1. The van der Waals surface area contributed by atoms with E-state index in [0.717, 1.165) is 0 Å². The third-order valence-corrected chi connectivity index (χ3v) is 5.64. The van der Waals surface area contributed by atoms with E-state index >= 15 is 0 Å². The molecule has 0 saturated carbocycles. The monoisotopic (exact) mass is 370 g/mol. The number of methoxy groups -OCH3 is 1. The van der Waals surface area contributed by atoms with Gasteiger partial charge in [-0.25, -0.2) is 13.6 Å². The number of carbonyl (C=O) groups is 2. The number of rotatable bonds is 5. The number of aliphatic carboxylic acids is 1. The number of hydrogen-bond acceptors (Lipinski definition) is 5. The van der Waals surface area contributed by atoms with E-state index in [0.29, 0.717) is 25.8 Å². The van der Waals surface area contributed by atoms with Crippen molar-refractivity contribution in [3.63, 3.8) is 0 Å². The number of benzene rings is 1. The lowest BCUT2D eigenvalue weighted by Gasteiger charge is -2.39. The Morgan fingerprint density at radius 3 is 2.60 bits per heavy atom. The molecule has 2 rings (SSSR count). The van der Waals surface area contributed by atoms with Crippen molar-refractivity contribution in [2.24, 2.45) is 10.6 Å². The van der Waals surface area contributed by atoms with Gasteiger partial charge in [0.05, 0.1) is 23.0 Å². The van der Waals surface area contributed by atoms with E-state index in [-0.39, 0.29) is 22.8 Å². The first-order chi connectivity index (χ1) is 11.6. The van der Waals surface area contributed by atoms with Crippen LogP contribution in [-0.2, 0) is 14.8 Å². The molecule has 8 nitrogen and oxygen atoms in total. The number of hydrogen-bond donors (Lipinski definition) is 2. The molecule has 1 atom stereocenters. The van der Waals surface area contributed by atoms with Gasteiger partial charge in [0.15, 0.2) is 0 Å². The number of nitrogens with zero attached hydrogens (tertiary/aromatic N) is 1.